The van der Waals surface area contributed by atoms with E-state index in [-0.39, 0.29) is 5.69 Å². The van der Waals surface area contributed by atoms with Crippen molar-refractivity contribution < 1.29 is 45.0 Å². The maximum absolute atomic E-state index is 10.4. The van der Waals surface area contributed by atoms with E-state index in [0.717, 1.165) is 26.5 Å². The first-order valence-electron chi connectivity index (χ1n) is 10.6. The number of carboxylic acids is 3. The molecule has 4 rings (SSSR count). The Morgan fingerprint density at radius 2 is 1.22 bits per heavy atom. The standard InChI is InChI=1S/C18H16N4O3.3C2H4O2/c23-10-14(24)17(25)15-16-18(20-13-9-5-4-8-12(13)19-16)22(21-15)11-6-2-1-3-7-11;3*1-2(3)4/h1-9,14,17,23-25H,10H2;3*1H3,(H,3,4). The Labute approximate surface area is 210 Å². The number of hydrogen-bond donors (Lipinski definition) is 6. The third-order valence-electron chi connectivity index (χ3n) is 4.04. The maximum atomic E-state index is 10.4. The summed E-state index contributed by atoms with van der Waals surface area (Å²) in [6.07, 6.45) is -2.72. The van der Waals surface area contributed by atoms with Gasteiger partial charge in [0, 0.05) is 20.8 Å². The van der Waals surface area contributed by atoms with E-state index >= 15 is 0 Å². The van der Waals surface area contributed by atoms with Crippen LogP contribution < -0.4 is 0 Å². The molecule has 0 fully saturated rings. The second kappa shape index (κ2) is 14.8. The van der Waals surface area contributed by atoms with Gasteiger partial charge in [-0.05, 0) is 24.3 Å². The van der Waals surface area contributed by atoms with Crippen molar-refractivity contribution in [2.24, 2.45) is 0 Å². The normalized spacial score (nSPS) is 11.5. The molecule has 198 valence electrons. The van der Waals surface area contributed by atoms with Crippen molar-refractivity contribution in [1.82, 2.24) is 19.7 Å². The van der Waals surface area contributed by atoms with Crippen LogP contribution in [-0.2, 0) is 14.4 Å². The maximum Gasteiger partial charge on any atom is 0.300 e. The average Bonchev–Trinajstić information content (AvgIpc) is 3.19. The van der Waals surface area contributed by atoms with Crippen LogP contribution in [0.15, 0.2) is 54.6 Å². The summed E-state index contributed by atoms with van der Waals surface area (Å²) >= 11 is 0. The number of aromatic nitrogens is 4. The third-order valence-corrected chi connectivity index (χ3v) is 4.04. The molecule has 0 aliphatic carbocycles. The fourth-order valence-corrected chi connectivity index (χ4v) is 2.74. The number of nitrogens with zero attached hydrogens (tertiary/aromatic N) is 4. The van der Waals surface area contributed by atoms with Crippen LogP contribution in [0.25, 0.3) is 27.9 Å². The number of aliphatic hydroxyl groups is 3. The zero-order valence-corrected chi connectivity index (χ0v) is 20.3. The zero-order valence-electron chi connectivity index (χ0n) is 20.3. The Kier molecular flexibility index (Phi) is 12.3. The van der Waals surface area contributed by atoms with Gasteiger partial charge in [0.25, 0.3) is 17.9 Å². The predicted octanol–water partition coefficient (Wildman–Crippen LogP) is 1.63. The van der Waals surface area contributed by atoms with Gasteiger partial charge in [0.1, 0.15) is 23.4 Å². The van der Waals surface area contributed by atoms with Crippen molar-refractivity contribution in [2.75, 3.05) is 6.61 Å². The van der Waals surface area contributed by atoms with E-state index in [9.17, 15) is 10.2 Å². The van der Waals surface area contributed by atoms with Crippen molar-refractivity contribution in [3.8, 4) is 5.69 Å². The fraction of sp³-hybridized carbons (Fsp3) is 0.250. The minimum atomic E-state index is -1.37. The largest absolute Gasteiger partial charge is 0.481 e. The number of benzene rings is 2. The molecule has 6 N–H and O–H groups in total. The van der Waals surface area contributed by atoms with E-state index in [4.69, 9.17) is 34.8 Å². The molecule has 13 nitrogen and oxygen atoms in total. The Balaban J connectivity index is 0.000000482. The molecular formula is C24H28N4O9. The van der Waals surface area contributed by atoms with Crippen LogP contribution in [0.2, 0.25) is 0 Å². The number of carboxylic acid groups (broad SMARTS) is 3. The van der Waals surface area contributed by atoms with Gasteiger partial charge in [-0.1, -0.05) is 30.3 Å². The number of aliphatic hydroxyl groups excluding tert-OH is 3. The quantitative estimate of drug-likeness (QED) is 0.228. The molecule has 2 atom stereocenters. The summed E-state index contributed by atoms with van der Waals surface area (Å²) < 4.78 is 1.58. The van der Waals surface area contributed by atoms with Crippen molar-refractivity contribution in [3.63, 3.8) is 0 Å². The number of carbonyl (C=O) groups is 3. The lowest BCUT2D eigenvalue weighted by atomic mass is 10.1. The predicted molar refractivity (Wildman–Crippen MR) is 132 cm³/mol. The van der Waals surface area contributed by atoms with Gasteiger partial charge in [-0.3, -0.25) is 14.4 Å². The van der Waals surface area contributed by atoms with Crippen LogP contribution in [0.5, 0.6) is 0 Å². The third kappa shape index (κ3) is 9.97. The van der Waals surface area contributed by atoms with Gasteiger partial charge >= 0.3 is 0 Å². The monoisotopic (exact) mass is 516 g/mol. The first kappa shape index (κ1) is 30.6. The molecule has 0 amide bonds. The van der Waals surface area contributed by atoms with E-state index < -0.39 is 36.7 Å². The smallest absolute Gasteiger partial charge is 0.300 e. The van der Waals surface area contributed by atoms with Crippen LogP contribution in [-0.4, -0.2) is 81.0 Å². The van der Waals surface area contributed by atoms with Crippen molar-refractivity contribution in [3.05, 3.63) is 60.3 Å². The van der Waals surface area contributed by atoms with E-state index in [1.807, 2.05) is 54.6 Å². The molecule has 2 aromatic heterocycles. The number of para-hydroxylation sites is 3. The summed E-state index contributed by atoms with van der Waals surface area (Å²) in [7, 11) is 0. The number of hydrogen-bond acceptors (Lipinski definition) is 9. The summed E-state index contributed by atoms with van der Waals surface area (Å²) in [5.74, 6) is -2.50. The van der Waals surface area contributed by atoms with Crippen molar-refractivity contribution in [1.29, 1.82) is 0 Å². The molecule has 37 heavy (non-hydrogen) atoms. The average molecular weight is 517 g/mol. The van der Waals surface area contributed by atoms with Gasteiger partial charge < -0.3 is 30.6 Å². The molecule has 2 unspecified atom stereocenters. The zero-order chi connectivity index (χ0) is 28.1. The minimum Gasteiger partial charge on any atom is -0.481 e. The molecule has 2 aromatic carbocycles. The molecule has 0 saturated heterocycles. The Bertz CT molecular complexity index is 1290. The van der Waals surface area contributed by atoms with Gasteiger partial charge in [-0.25, -0.2) is 14.6 Å². The fourth-order valence-electron chi connectivity index (χ4n) is 2.74. The highest BCUT2D eigenvalue weighted by Crippen LogP contribution is 2.27. The number of rotatable bonds is 4. The summed E-state index contributed by atoms with van der Waals surface area (Å²) in [6.45, 7) is 2.67. The Hall–Kier alpha value is -4.46. The molecule has 0 saturated carbocycles. The van der Waals surface area contributed by atoms with Crippen molar-refractivity contribution >= 4 is 40.1 Å². The summed E-state index contributed by atoms with van der Waals surface area (Å²) in [4.78, 5) is 36.2. The lowest BCUT2D eigenvalue weighted by molar-refractivity contribution is -0.135. The SMILES string of the molecule is CC(=O)O.CC(=O)O.CC(=O)O.OCC(O)C(O)c1nn(-c2ccccc2)c2nc3ccccc3nc12. The van der Waals surface area contributed by atoms with Gasteiger partial charge in [0.2, 0.25) is 0 Å². The van der Waals surface area contributed by atoms with Gasteiger partial charge in [0.05, 0.1) is 23.3 Å². The highest BCUT2D eigenvalue weighted by molar-refractivity contribution is 5.86. The number of fused-ring (bicyclic) bond motifs is 2. The van der Waals surface area contributed by atoms with Crippen LogP contribution in [0.1, 0.15) is 32.6 Å². The molecule has 2 heterocycles. The van der Waals surface area contributed by atoms with Gasteiger partial charge in [0.15, 0.2) is 5.65 Å². The van der Waals surface area contributed by atoms with Gasteiger partial charge in [-0.2, -0.15) is 5.10 Å². The van der Waals surface area contributed by atoms with E-state index in [0.29, 0.717) is 22.2 Å². The molecule has 13 heteroatoms. The Morgan fingerprint density at radius 1 is 0.784 bits per heavy atom. The van der Waals surface area contributed by atoms with E-state index in [1.54, 1.807) is 4.68 Å². The van der Waals surface area contributed by atoms with Crippen LogP contribution in [0, 0.1) is 0 Å². The number of aliphatic carboxylic acids is 3. The lowest BCUT2D eigenvalue weighted by Gasteiger charge is -2.12. The molecule has 0 bridgehead atoms. The highest BCUT2D eigenvalue weighted by atomic mass is 16.4. The lowest BCUT2D eigenvalue weighted by Crippen LogP contribution is -2.22. The van der Waals surface area contributed by atoms with Gasteiger partial charge in [-0.15, -0.1) is 0 Å². The minimum absolute atomic E-state index is 0.179. The first-order valence-corrected chi connectivity index (χ1v) is 10.6. The molecular weight excluding hydrogens is 488 g/mol. The second-order valence-electron chi connectivity index (χ2n) is 7.27. The van der Waals surface area contributed by atoms with E-state index in [1.165, 1.54) is 0 Å². The van der Waals surface area contributed by atoms with Crippen LogP contribution in [0.4, 0.5) is 0 Å². The molecule has 0 aliphatic heterocycles. The summed E-state index contributed by atoms with van der Waals surface area (Å²) in [6, 6.07) is 16.8. The first-order chi connectivity index (χ1) is 17.4. The topological polar surface area (TPSA) is 216 Å². The summed E-state index contributed by atoms with van der Waals surface area (Å²) in [5, 5.41) is 56.0. The molecule has 0 radical (unpaired) electrons. The summed E-state index contributed by atoms with van der Waals surface area (Å²) in [5.41, 5.74) is 3.17. The molecule has 0 spiro atoms. The van der Waals surface area contributed by atoms with Crippen LogP contribution >= 0.6 is 0 Å². The highest BCUT2D eigenvalue weighted by Gasteiger charge is 2.26. The van der Waals surface area contributed by atoms with Crippen LogP contribution in [0.3, 0.4) is 0 Å². The molecule has 4 aromatic rings. The van der Waals surface area contributed by atoms with E-state index in [2.05, 4.69) is 15.1 Å². The second-order valence-corrected chi connectivity index (χ2v) is 7.27. The molecule has 0 aliphatic rings. The Morgan fingerprint density at radius 3 is 1.68 bits per heavy atom. The van der Waals surface area contributed by atoms with Crippen molar-refractivity contribution in [2.45, 2.75) is 33.0 Å².